The molecule has 0 unspecified atom stereocenters. The van der Waals surface area contributed by atoms with Gasteiger partial charge in [0.15, 0.2) is 0 Å². The normalized spacial score (nSPS) is 25.3. The Hall–Kier alpha value is -0.660. The number of Topliss-reactive ketones (excluding diaryl/α,β-unsaturated/α-hetero) is 2. The van der Waals surface area contributed by atoms with Gasteiger partial charge in [0.05, 0.1) is 0 Å². The Kier molecular flexibility index (Phi) is 5.35. The lowest BCUT2D eigenvalue weighted by molar-refractivity contribution is -0.127. The maximum absolute atomic E-state index is 11.9. The monoisotopic (exact) mass is 238 g/mol. The summed E-state index contributed by atoms with van der Waals surface area (Å²) in [5, 5.41) is 0. The molecule has 0 aliphatic heterocycles. The molecule has 1 aliphatic carbocycles. The molecule has 0 atom stereocenters. The first kappa shape index (κ1) is 14.4. The van der Waals surface area contributed by atoms with Crippen molar-refractivity contribution in [2.75, 3.05) is 0 Å². The molecular formula is C15H26O2. The minimum atomic E-state index is 0.157. The van der Waals surface area contributed by atoms with Gasteiger partial charge in [0, 0.05) is 24.2 Å². The minimum Gasteiger partial charge on any atom is -0.299 e. The van der Waals surface area contributed by atoms with E-state index in [1.54, 1.807) is 0 Å². The van der Waals surface area contributed by atoms with Crippen LogP contribution in [-0.2, 0) is 9.59 Å². The summed E-state index contributed by atoms with van der Waals surface area (Å²) in [7, 11) is 0. The highest BCUT2D eigenvalue weighted by atomic mass is 16.1. The maximum atomic E-state index is 11.9. The SMILES string of the molecule is CC(C)C(=O)CC1CCC(C(=O)C(C)C)CC1. The molecule has 0 heterocycles. The van der Waals surface area contributed by atoms with E-state index in [0.717, 1.165) is 32.1 Å². The highest BCUT2D eigenvalue weighted by Crippen LogP contribution is 2.33. The van der Waals surface area contributed by atoms with Crippen molar-refractivity contribution in [3.05, 3.63) is 0 Å². The van der Waals surface area contributed by atoms with Crippen LogP contribution in [0.15, 0.2) is 0 Å². The third-order valence-corrected chi connectivity index (χ3v) is 3.95. The maximum Gasteiger partial charge on any atom is 0.138 e. The topological polar surface area (TPSA) is 34.1 Å². The molecule has 0 aromatic carbocycles. The summed E-state index contributed by atoms with van der Waals surface area (Å²) in [4.78, 5) is 23.5. The van der Waals surface area contributed by atoms with Crippen LogP contribution in [0.3, 0.4) is 0 Å². The van der Waals surface area contributed by atoms with Crippen molar-refractivity contribution in [3.8, 4) is 0 Å². The van der Waals surface area contributed by atoms with E-state index < -0.39 is 0 Å². The summed E-state index contributed by atoms with van der Waals surface area (Å²) < 4.78 is 0. The van der Waals surface area contributed by atoms with Gasteiger partial charge in [-0.05, 0) is 31.6 Å². The van der Waals surface area contributed by atoms with Gasteiger partial charge >= 0.3 is 0 Å². The van der Waals surface area contributed by atoms with Gasteiger partial charge in [-0.15, -0.1) is 0 Å². The Morgan fingerprint density at radius 1 is 0.941 bits per heavy atom. The van der Waals surface area contributed by atoms with Crippen LogP contribution in [0.5, 0.6) is 0 Å². The molecular weight excluding hydrogens is 212 g/mol. The van der Waals surface area contributed by atoms with Crippen molar-refractivity contribution in [3.63, 3.8) is 0 Å². The molecule has 0 radical (unpaired) electrons. The molecule has 0 aromatic heterocycles. The third-order valence-electron chi connectivity index (χ3n) is 3.95. The zero-order valence-corrected chi connectivity index (χ0v) is 11.7. The number of carbonyl (C=O) groups is 2. The van der Waals surface area contributed by atoms with E-state index in [2.05, 4.69) is 0 Å². The fourth-order valence-corrected chi connectivity index (χ4v) is 2.64. The first-order chi connectivity index (χ1) is 7.91. The van der Waals surface area contributed by atoms with E-state index in [1.165, 1.54) is 0 Å². The second-order valence-electron chi connectivity index (χ2n) is 6.10. The predicted molar refractivity (Wildman–Crippen MR) is 69.8 cm³/mol. The van der Waals surface area contributed by atoms with Crippen molar-refractivity contribution in [2.24, 2.45) is 23.7 Å². The van der Waals surface area contributed by atoms with E-state index in [0.29, 0.717) is 17.5 Å². The van der Waals surface area contributed by atoms with Crippen LogP contribution in [0, 0.1) is 23.7 Å². The summed E-state index contributed by atoms with van der Waals surface area (Å²) >= 11 is 0. The molecule has 1 aliphatic rings. The first-order valence-electron chi connectivity index (χ1n) is 6.98. The van der Waals surface area contributed by atoms with E-state index in [9.17, 15) is 9.59 Å². The third kappa shape index (κ3) is 4.25. The molecule has 1 rings (SSSR count). The van der Waals surface area contributed by atoms with E-state index >= 15 is 0 Å². The lowest BCUT2D eigenvalue weighted by atomic mass is 9.76. The van der Waals surface area contributed by atoms with Crippen LogP contribution in [0.1, 0.15) is 59.8 Å². The Labute approximate surface area is 105 Å². The van der Waals surface area contributed by atoms with Crippen LogP contribution in [0.25, 0.3) is 0 Å². The molecule has 0 saturated heterocycles. The summed E-state index contributed by atoms with van der Waals surface area (Å²) in [6, 6.07) is 0. The van der Waals surface area contributed by atoms with E-state index in [1.807, 2.05) is 27.7 Å². The van der Waals surface area contributed by atoms with E-state index in [-0.39, 0.29) is 17.8 Å². The molecule has 2 heteroatoms. The average molecular weight is 238 g/mol. The molecule has 98 valence electrons. The average Bonchev–Trinajstić information content (AvgIpc) is 2.28. The van der Waals surface area contributed by atoms with Gasteiger partial charge < -0.3 is 0 Å². The highest BCUT2D eigenvalue weighted by molar-refractivity contribution is 5.83. The molecule has 0 N–H and O–H groups in total. The highest BCUT2D eigenvalue weighted by Gasteiger charge is 2.28. The van der Waals surface area contributed by atoms with Crippen LogP contribution in [0.4, 0.5) is 0 Å². The summed E-state index contributed by atoms with van der Waals surface area (Å²) in [5.74, 6) is 1.91. The number of hydrogen-bond donors (Lipinski definition) is 0. The van der Waals surface area contributed by atoms with Crippen LogP contribution >= 0.6 is 0 Å². The van der Waals surface area contributed by atoms with Crippen LogP contribution in [0.2, 0.25) is 0 Å². The van der Waals surface area contributed by atoms with Gasteiger partial charge in [0.2, 0.25) is 0 Å². The second-order valence-corrected chi connectivity index (χ2v) is 6.10. The number of ketones is 2. The number of carbonyl (C=O) groups excluding carboxylic acids is 2. The van der Waals surface area contributed by atoms with Gasteiger partial charge in [-0.3, -0.25) is 9.59 Å². The second kappa shape index (κ2) is 6.32. The Bertz CT molecular complexity index is 271. The zero-order valence-electron chi connectivity index (χ0n) is 11.7. The molecule has 1 saturated carbocycles. The van der Waals surface area contributed by atoms with Gasteiger partial charge in [-0.1, -0.05) is 27.7 Å². The number of hydrogen-bond acceptors (Lipinski definition) is 2. The van der Waals surface area contributed by atoms with Crippen molar-refractivity contribution in [2.45, 2.75) is 59.8 Å². The van der Waals surface area contributed by atoms with Crippen LogP contribution in [-0.4, -0.2) is 11.6 Å². The molecule has 0 amide bonds. The van der Waals surface area contributed by atoms with Crippen molar-refractivity contribution in [1.82, 2.24) is 0 Å². The smallest absolute Gasteiger partial charge is 0.138 e. The van der Waals surface area contributed by atoms with Crippen molar-refractivity contribution < 1.29 is 9.59 Å². The fraction of sp³-hybridized carbons (Fsp3) is 0.867. The molecule has 0 bridgehead atoms. The van der Waals surface area contributed by atoms with Gasteiger partial charge in [0.25, 0.3) is 0 Å². The van der Waals surface area contributed by atoms with Gasteiger partial charge in [-0.2, -0.15) is 0 Å². The largest absolute Gasteiger partial charge is 0.299 e. The lowest BCUT2D eigenvalue weighted by Crippen LogP contribution is -2.26. The molecule has 17 heavy (non-hydrogen) atoms. The lowest BCUT2D eigenvalue weighted by Gasteiger charge is -2.28. The fourth-order valence-electron chi connectivity index (χ4n) is 2.64. The molecule has 0 aromatic rings. The van der Waals surface area contributed by atoms with Gasteiger partial charge in [0.1, 0.15) is 11.6 Å². The Morgan fingerprint density at radius 3 is 1.88 bits per heavy atom. The zero-order chi connectivity index (χ0) is 13.0. The Balaban J connectivity index is 2.36. The molecule has 2 nitrogen and oxygen atoms in total. The number of rotatable bonds is 5. The molecule has 0 spiro atoms. The summed E-state index contributed by atoms with van der Waals surface area (Å²) in [6.07, 6.45) is 4.82. The quantitative estimate of drug-likeness (QED) is 0.733. The predicted octanol–water partition coefficient (Wildman–Crippen LogP) is 3.63. The minimum absolute atomic E-state index is 0.157. The molecule has 1 fully saturated rings. The van der Waals surface area contributed by atoms with Crippen LogP contribution < -0.4 is 0 Å². The summed E-state index contributed by atoms with van der Waals surface area (Å²) in [6.45, 7) is 7.90. The van der Waals surface area contributed by atoms with E-state index in [4.69, 9.17) is 0 Å². The first-order valence-corrected chi connectivity index (χ1v) is 6.98. The standard InChI is InChI=1S/C15H26O2/c1-10(2)14(16)9-12-5-7-13(8-6-12)15(17)11(3)4/h10-13H,5-9H2,1-4H3. The van der Waals surface area contributed by atoms with Gasteiger partial charge in [-0.25, -0.2) is 0 Å². The summed E-state index contributed by atoms with van der Waals surface area (Å²) in [5.41, 5.74) is 0. The van der Waals surface area contributed by atoms with Crippen molar-refractivity contribution in [1.29, 1.82) is 0 Å². The van der Waals surface area contributed by atoms with Crippen molar-refractivity contribution >= 4 is 11.6 Å². The Morgan fingerprint density at radius 2 is 1.47 bits per heavy atom.